The number of nitrogens with zero attached hydrogens (tertiary/aromatic N) is 5. The normalized spacial score (nSPS) is 22.5. The molecule has 5 rings (SSSR count). The number of aryl methyl sites for hydroxylation is 1. The molecule has 0 amide bonds. The van der Waals surface area contributed by atoms with Gasteiger partial charge in [0.05, 0.1) is 30.1 Å². The van der Waals surface area contributed by atoms with Crippen LogP contribution in [0.1, 0.15) is 43.0 Å². The zero-order valence-corrected chi connectivity index (χ0v) is 15.1. The predicted molar refractivity (Wildman–Crippen MR) is 101 cm³/mol. The van der Waals surface area contributed by atoms with Gasteiger partial charge in [0.15, 0.2) is 0 Å². The van der Waals surface area contributed by atoms with Gasteiger partial charge in [-0.05, 0) is 32.1 Å². The molecule has 2 N–H and O–H groups in total. The summed E-state index contributed by atoms with van der Waals surface area (Å²) < 4.78 is 4.50. The van der Waals surface area contributed by atoms with Crippen LogP contribution in [-0.4, -0.2) is 36.7 Å². The van der Waals surface area contributed by atoms with Crippen LogP contribution >= 0.6 is 0 Å². The number of pyridine rings is 1. The summed E-state index contributed by atoms with van der Waals surface area (Å²) >= 11 is 0. The third kappa shape index (κ3) is 2.67. The number of anilines is 1. The topological polar surface area (TPSA) is 72.6 Å². The summed E-state index contributed by atoms with van der Waals surface area (Å²) in [5, 5.41) is 7.09. The van der Waals surface area contributed by atoms with Crippen molar-refractivity contribution in [2.24, 2.45) is 7.05 Å². The number of rotatable bonds is 4. The summed E-state index contributed by atoms with van der Waals surface area (Å²) in [4.78, 5) is 13.3. The van der Waals surface area contributed by atoms with E-state index in [-0.39, 0.29) is 0 Å². The molecule has 1 saturated carbocycles. The lowest BCUT2D eigenvalue weighted by Crippen LogP contribution is -2.33. The van der Waals surface area contributed by atoms with Gasteiger partial charge < -0.3 is 19.8 Å². The number of aromatic nitrogens is 5. The van der Waals surface area contributed by atoms with Gasteiger partial charge in [-0.15, -0.1) is 0 Å². The minimum absolute atomic E-state index is 0.543. The first kappa shape index (κ1) is 15.8. The Balaban J connectivity index is 1.28. The van der Waals surface area contributed by atoms with Crippen LogP contribution < -0.4 is 10.6 Å². The number of hydrogen-bond acceptors (Lipinski definition) is 5. The van der Waals surface area contributed by atoms with Crippen LogP contribution in [0.15, 0.2) is 25.0 Å². The van der Waals surface area contributed by atoms with E-state index in [4.69, 9.17) is 0 Å². The monoisotopic (exact) mass is 351 g/mol. The van der Waals surface area contributed by atoms with Crippen molar-refractivity contribution in [3.8, 4) is 0 Å². The first-order valence-corrected chi connectivity index (χ1v) is 9.56. The summed E-state index contributed by atoms with van der Waals surface area (Å²) in [5.41, 5.74) is 4.91. The first-order chi connectivity index (χ1) is 12.8. The second-order valence-electron chi connectivity index (χ2n) is 7.53. The van der Waals surface area contributed by atoms with Crippen molar-refractivity contribution in [2.75, 3.05) is 11.9 Å². The second kappa shape index (κ2) is 6.39. The number of imidazole rings is 2. The molecule has 136 valence electrons. The van der Waals surface area contributed by atoms with Crippen molar-refractivity contribution in [1.29, 1.82) is 0 Å². The molecule has 26 heavy (non-hydrogen) atoms. The molecule has 1 aliphatic heterocycles. The van der Waals surface area contributed by atoms with Crippen LogP contribution in [-0.2, 0) is 20.0 Å². The molecule has 1 aliphatic carbocycles. The molecular weight excluding hydrogens is 326 g/mol. The van der Waals surface area contributed by atoms with Gasteiger partial charge in [-0.2, -0.15) is 0 Å². The molecule has 0 bridgehead atoms. The van der Waals surface area contributed by atoms with E-state index in [1.165, 1.54) is 42.5 Å². The maximum atomic E-state index is 4.62. The van der Waals surface area contributed by atoms with Crippen LogP contribution in [0.2, 0.25) is 0 Å². The maximum Gasteiger partial charge on any atom is 0.131 e. The number of fused-ring (bicyclic) bond motifs is 3. The lowest BCUT2D eigenvalue weighted by atomic mass is 9.90. The Bertz CT molecular complexity index is 917. The van der Waals surface area contributed by atoms with Crippen molar-refractivity contribution in [2.45, 2.75) is 50.7 Å². The summed E-state index contributed by atoms with van der Waals surface area (Å²) in [6.07, 6.45) is 13.6. The molecule has 0 saturated heterocycles. The van der Waals surface area contributed by atoms with Gasteiger partial charge in [0.2, 0.25) is 0 Å². The zero-order chi connectivity index (χ0) is 17.5. The molecule has 0 spiro atoms. The van der Waals surface area contributed by atoms with Crippen LogP contribution in [0.5, 0.6) is 0 Å². The van der Waals surface area contributed by atoms with Gasteiger partial charge >= 0.3 is 0 Å². The highest BCUT2D eigenvalue weighted by molar-refractivity contribution is 5.83. The maximum absolute atomic E-state index is 4.62. The Hall–Kier alpha value is -2.41. The van der Waals surface area contributed by atoms with Gasteiger partial charge in [0, 0.05) is 44.0 Å². The summed E-state index contributed by atoms with van der Waals surface area (Å²) in [6.45, 7) is 1.88. The Morgan fingerprint density at radius 2 is 2.04 bits per heavy atom. The van der Waals surface area contributed by atoms with Gasteiger partial charge in [0.25, 0.3) is 0 Å². The molecule has 4 heterocycles. The molecule has 0 radical (unpaired) electrons. The zero-order valence-electron chi connectivity index (χ0n) is 15.1. The first-order valence-electron chi connectivity index (χ1n) is 9.56. The predicted octanol–water partition coefficient (Wildman–Crippen LogP) is 2.41. The molecule has 3 aromatic heterocycles. The van der Waals surface area contributed by atoms with Gasteiger partial charge in [0.1, 0.15) is 11.3 Å². The fourth-order valence-corrected chi connectivity index (χ4v) is 4.43. The third-order valence-electron chi connectivity index (χ3n) is 5.96. The Morgan fingerprint density at radius 3 is 2.85 bits per heavy atom. The number of hydrogen-bond donors (Lipinski definition) is 2. The Kier molecular flexibility index (Phi) is 3.89. The largest absolute Gasteiger partial charge is 0.369 e. The van der Waals surface area contributed by atoms with E-state index in [1.54, 1.807) is 0 Å². The van der Waals surface area contributed by atoms with Gasteiger partial charge in [-0.1, -0.05) is 0 Å². The average Bonchev–Trinajstić information content (AvgIpc) is 3.39. The van der Waals surface area contributed by atoms with Crippen LogP contribution in [0, 0.1) is 0 Å². The van der Waals surface area contributed by atoms with E-state index in [1.807, 2.05) is 32.1 Å². The lowest BCUT2D eigenvalue weighted by molar-refractivity contribution is 0.292. The quantitative estimate of drug-likeness (QED) is 0.755. The second-order valence-corrected chi connectivity index (χ2v) is 7.53. The number of nitrogens with one attached hydrogen (secondary N) is 2. The summed E-state index contributed by atoms with van der Waals surface area (Å²) in [5.74, 6) is 1.05. The van der Waals surface area contributed by atoms with Crippen LogP contribution in [0.4, 0.5) is 5.82 Å². The fraction of sp³-hybridized carbons (Fsp3) is 0.526. The van der Waals surface area contributed by atoms with Crippen molar-refractivity contribution in [3.05, 3.63) is 36.3 Å². The van der Waals surface area contributed by atoms with E-state index in [0.717, 1.165) is 30.8 Å². The molecule has 7 heteroatoms. The molecule has 2 aliphatic rings. The lowest BCUT2D eigenvalue weighted by Gasteiger charge is -2.30. The van der Waals surface area contributed by atoms with Gasteiger partial charge in [-0.25, -0.2) is 15.0 Å². The van der Waals surface area contributed by atoms with Crippen molar-refractivity contribution in [1.82, 2.24) is 29.4 Å². The van der Waals surface area contributed by atoms with E-state index < -0.39 is 0 Å². The van der Waals surface area contributed by atoms with Crippen molar-refractivity contribution in [3.63, 3.8) is 0 Å². The van der Waals surface area contributed by atoms with Crippen molar-refractivity contribution < 1.29 is 0 Å². The molecule has 0 aromatic carbocycles. The fourth-order valence-electron chi connectivity index (χ4n) is 4.43. The highest BCUT2D eigenvalue weighted by Crippen LogP contribution is 2.34. The van der Waals surface area contributed by atoms with Crippen LogP contribution in [0.25, 0.3) is 11.0 Å². The molecule has 0 atom stereocenters. The molecule has 1 fully saturated rings. The highest BCUT2D eigenvalue weighted by Gasteiger charge is 2.26. The van der Waals surface area contributed by atoms with E-state index in [0.29, 0.717) is 12.1 Å². The minimum Gasteiger partial charge on any atom is -0.369 e. The SMILES string of the molecule is Cn1cncc1CNC1CCC(n2cnc3cnc4c(c32)CCN4)CC1. The Morgan fingerprint density at radius 1 is 1.15 bits per heavy atom. The molecule has 3 aromatic rings. The average molecular weight is 351 g/mol. The van der Waals surface area contributed by atoms with E-state index >= 15 is 0 Å². The summed E-state index contributed by atoms with van der Waals surface area (Å²) in [7, 11) is 2.05. The molecule has 7 nitrogen and oxygen atoms in total. The molecular formula is C19H25N7. The third-order valence-corrected chi connectivity index (χ3v) is 5.96. The van der Waals surface area contributed by atoms with E-state index in [9.17, 15) is 0 Å². The van der Waals surface area contributed by atoms with Crippen LogP contribution in [0.3, 0.4) is 0 Å². The standard InChI is InChI=1S/C19H25N7/c1-25-11-20-8-15(25)9-22-13-2-4-14(5-3-13)26-12-24-17-10-23-19-16(18(17)26)6-7-21-19/h8,10-14,22H,2-7,9H2,1H3,(H,21,23). The summed E-state index contributed by atoms with van der Waals surface area (Å²) in [6, 6.07) is 1.13. The highest BCUT2D eigenvalue weighted by atomic mass is 15.1. The Labute approximate surface area is 152 Å². The molecule has 0 unspecified atom stereocenters. The van der Waals surface area contributed by atoms with Crippen molar-refractivity contribution >= 4 is 16.9 Å². The minimum atomic E-state index is 0.543. The smallest absolute Gasteiger partial charge is 0.131 e. The van der Waals surface area contributed by atoms with E-state index in [2.05, 4.69) is 34.7 Å². The van der Waals surface area contributed by atoms with Gasteiger partial charge in [-0.3, -0.25) is 0 Å².